The van der Waals surface area contributed by atoms with Crippen molar-refractivity contribution in [1.29, 1.82) is 0 Å². The molecule has 0 heterocycles. The first kappa shape index (κ1) is 14.3. The fourth-order valence-electron chi connectivity index (χ4n) is 2.64. The van der Waals surface area contributed by atoms with E-state index in [1.807, 2.05) is 13.0 Å². The normalized spacial score (nSPS) is 16.2. The Morgan fingerprint density at radius 1 is 1.16 bits per heavy atom. The zero-order valence-electron chi connectivity index (χ0n) is 12.3. The van der Waals surface area contributed by atoms with Gasteiger partial charge in [-0.25, -0.2) is 0 Å². The van der Waals surface area contributed by atoms with Gasteiger partial charge in [-0.15, -0.1) is 0 Å². The van der Waals surface area contributed by atoms with Crippen molar-refractivity contribution in [3.63, 3.8) is 0 Å². The maximum atomic E-state index is 12.4. The van der Waals surface area contributed by atoms with Gasteiger partial charge in [0, 0.05) is 5.56 Å². The number of benzene rings is 1. The lowest BCUT2D eigenvalue weighted by Crippen LogP contribution is -2.36. The molecule has 0 spiro atoms. The predicted molar refractivity (Wildman–Crippen MR) is 79.7 cm³/mol. The minimum atomic E-state index is -0.0935. The van der Waals surface area contributed by atoms with Crippen molar-refractivity contribution in [2.45, 2.75) is 52.5 Å². The first-order chi connectivity index (χ1) is 9.08. The number of nitrogens with one attached hydrogen (secondary N) is 1. The van der Waals surface area contributed by atoms with Gasteiger partial charge < -0.3 is 5.32 Å². The largest absolute Gasteiger partial charge is 0.307 e. The van der Waals surface area contributed by atoms with E-state index < -0.39 is 0 Å². The molecule has 0 aliphatic heterocycles. The van der Waals surface area contributed by atoms with Crippen molar-refractivity contribution in [2.24, 2.45) is 5.92 Å². The molecule has 0 amide bonds. The van der Waals surface area contributed by atoms with Gasteiger partial charge in [0.2, 0.25) is 0 Å². The van der Waals surface area contributed by atoms with Gasteiger partial charge in [-0.05, 0) is 62.3 Å². The van der Waals surface area contributed by atoms with Crippen LogP contribution in [0.25, 0.3) is 0 Å². The van der Waals surface area contributed by atoms with E-state index in [9.17, 15) is 4.79 Å². The van der Waals surface area contributed by atoms with Crippen molar-refractivity contribution in [2.75, 3.05) is 6.54 Å². The maximum Gasteiger partial charge on any atom is 0.179 e. The van der Waals surface area contributed by atoms with E-state index >= 15 is 0 Å². The summed E-state index contributed by atoms with van der Waals surface area (Å²) in [5.41, 5.74) is 3.68. The Morgan fingerprint density at radius 3 is 2.53 bits per heavy atom. The number of fused-ring (bicyclic) bond motifs is 1. The van der Waals surface area contributed by atoms with E-state index in [0.717, 1.165) is 18.5 Å². The number of hydrogen-bond acceptors (Lipinski definition) is 2. The zero-order chi connectivity index (χ0) is 13.8. The van der Waals surface area contributed by atoms with E-state index in [-0.39, 0.29) is 11.8 Å². The van der Waals surface area contributed by atoms with E-state index in [1.54, 1.807) is 0 Å². The van der Waals surface area contributed by atoms with E-state index in [0.29, 0.717) is 5.92 Å². The zero-order valence-corrected chi connectivity index (χ0v) is 12.3. The molecule has 2 nitrogen and oxygen atoms in total. The number of carbonyl (C=O) groups is 1. The van der Waals surface area contributed by atoms with Crippen LogP contribution in [0.3, 0.4) is 0 Å². The summed E-state index contributed by atoms with van der Waals surface area (Å²) in [6.45, 7) is 7.16. The standard InChI is InChI=1S/C17H25NO/c1-12(2)11-18-13(3)17(19)16-9-8-14-6-4-5-7-15(14)10-16/h8-10,12-13,18H,4-7,11H2,1-3H3. The quantitative estimate of drug-likeness (QED) is 0.821. The van der Waals surface area contributed by atoms with Crippen molar-refractivity contribution >= 4 is 5.78 Å². The Morgan fingerprint density at radius 2 is 1.84 bits per heavy atom. The third-order valence-corrected chi connectivity index (χ3v) is 3.86. The predicted octanol–water partition coefficient (Wildman–Crippen LogP) is 3.38. The summed E-state index contributed by atoms with van der Waals surface area (Å²) in [6, 6.07) is 6.17. The molecule has 0 aromatic heterocycles. The number of rotatable bonds is 5. The highest BCUT2D eigenvalue weighted by molar-refractivity contribution is 6.00. The third kappa shape index (κ3) is 3.66. The van der Waals surface area contributed by atoms with Gasteiger partial charge in [0.05, 0.1) is 6.04 Å². The molecule has 2 heteroatoms. The van der Waals surface area contributed by atoms with Crippen LogP contribution in [0, 0.1) is 5.92 Å². The molecular weight excluding hydrogens is 234 g/mol. The Kier molecular flexibility index (Phi) is 4.76. The molecule has 0 saturated heterocycles. The lowest BCUT2D eigenvalue weighted by Gasteiger charge is -2.18. The second kappa shape index (κ2) is 6.33. The minimum Gasteiger partial charge on any atom is -0.307 e. The molecular formula is C17H25NO. The fourth-order valence-corrected chi connectivity index (χ4v) is 2.64. The SMILES string of the molecule is CC(C)CNC(C)C(=O)c1ccc2c(c1)CCCC2. The highest BCUT2D eigenvalue weighted by Crippen LogP contribution is 2.22. The first-order valence-corrected chi connectivity index (χ1v) is 7.47. The van der Waals surface area contributed by atoms with E-state index in [2.05, 4.69) is 31.3 Å². The van der Waals surface area contributed by atoms with Gasteiger partial charge in [-0.1, -0.05) is 26.0 Å². The molecule has 0 fully saturated rings. The highest BCUT2D eigenvalue weighted by atomic mass is 16.1. The number of aryl methyl sites for hydroxylation is 2. The summed E-state index contributed by atoms with van der Waals surface area (Å²) in [5.74, 6) is 0.785. The molecule has 1 unspecified atom stereocenters. The molecule has 0 radical (unpaired) electrons. The van der Waals surface area contributed by atoms with Gasteiger partial charge >= 0.3 is 0 Å². The Hall–Kier alpha value is -1.15. The number of carbonyl (C=O) groups excluding carboxylic acids is 1. The molecule has 1 atom stereocenters. The lowest BCUT2D eigenvalue weighted by atomic mass is 9.89. The van der Waals surface area contributed by atoms with Crippen LogP contribution in [0.15, 0.2) is 18.2 Å². The molecule has 2 rings (SSSR count). The average molecular weight is 259 g/mol. The molecule has 1 N–H and O–H groups in total. The summed E-state index contributed by atoms with van der Waals surface area (Å²) >= 11 is 0. The van der Waals surface area contributed by atoms with E-state index in [4.69, 9.17) is 0 Å². The third-order valence-electron chi connectivity index (χ3n) is 3.86. The van der Waals surface area contributed by atoms with Gasteiger partial charge in [-0.2, -0.15) is 0 Å². The van der Waals surface area contributed by atoms with Crippen LogP contribution in [0.1, 0.15) is 55.1 Å². The number of ketones is 1. The van der Waals surface area contributed by atoms with Crippen molar-refractivity contribution in [3.8, 4) is 0 Å². The lowest BCUT2D eigenvalue weighted by molar-refractivity contribution is 0.0949. The van der Waals surface area contributed by atoms with Crippen LogP contribution in [-0.2, 0) is 12.8 Å². The first-order valence-electron chi connectivity index (χ1n) is 7.47. The minimum absolute atomic E-state index is 0.0935. The van der Waals surface area contributed by atoms with Crippen LogP contribution in [0.5, 0.6) is 0 Å². The number of Topliss-reactive ketones (excluding diaryl/α,β-unsaturated/α-hetero) is 1. The molecule has 0 bridgehead atoms. The van der Waals surface area contributed by atoms with Gasteiger partial charge in [0.1, 0.15) is 0 Å². The molecule has 1 aromatic rings. The molecule has 1 aliphatic rings. The molecule has 1 aromatic carbocycles. The Bertz CT molecular complexity index is 451. The molecule has 104 valence electrons. The average Bonchev–Trinajstić information content (AvgIpc) is 2.43. The second-order valence-corrected chi connectivity index (χ2v) is 6.08. The molecule has 0 saturated carbocycles. The van der Waals surface area contributed by atoms with Gasteiger partial charge in [-0.3, -0.25) is 4.79 Å². The van der Waals surface area contributed by atoms with Gasteiger partial charge in [0.25, 0.3) is 0 Å². The fraction of sp³-hybridized carbons (Fsp3) is 0.588. The van der Waals surface area contributed by atoms with Crippen molar-refractivity contribution in [1.82, 2.24) is 5.32 Å². The second-order valence-electron chi connectivity index (χ2n) is 6.08. The van der Waals surface area contributed by atoms with Crippen molar-refractivity contribution < 1.29 is 4.79 Å². The molecule has 19 heavy (non-hydrogen) atoms. The summed E-state index contributed by atoms with van der Waals surface area (Å²) in [6.07, 6.45) is 4.84. The van der Waals surface area contributed by atoms with Crippen LogP contribution < -0.4 is 5.32 Å². The summed E-state index contributed by atoms with van der Waals surface area (Å²) in [7, 11) is 0. The van der Waals surface area contributed by atoms with Crippen LogP contribution in [0.4, 0.5) is 0 Å². The summed E-state index contributed by atoms with van der Waals surface area (Å²) in [5, 5.41) is 3.31. The Balaban J connectivity index is 2.06. The monoisotopic (exact) mass is 259 g/mol. The van der Waals surface area contributed by atoms with Crippen LogP contribution >= 0.6 is 0 Å². The maximum absolute atomic E-state index is 12.4. The Labute approximate surface area is 116 Å². The topological polar surface area (TPSA) is 29.1 Å². The summed E-state index contributed by atoms with van der Waals surface area (Å²) in [4.78, 5) is 12.4. The van der Waals surface area contributed by atoms with Gasteiger partial charge in [0.15, 0.2) is 5.78 Å². The number of hydrogen-bond donors (Lipinski definition) is 1. The smallest absolute Gasteiger partial charge is 0.179 e. The van der Waals surface area contributed by atoms with Crippen LogP contribution in [-0.4, -0.2) is 18.4 Å². The highest BCUT2D eigenvalue weighted by Gasteiger charge is 2.17. The summed E-state index contributed by atoms with van der Waals surface area (Å²) < 4.78 is 0. The van der Waals surface area contributed by atoms with Crippen molar-refractivity contribution in [3.05, 3.63) is 34.9 Å². The molecule has 1 aliphatic carbocycles. The van der Waals surface area contributed by atoms with Crippen LogP contribution in [0.2, 0.25) is 0 Å². The van der Waals surface area contributed by atoms with E-state index in [1.165, 1.54) is 30.4 Å².